The summed E-state index contributed by atoms with van der Waals surface area (Å²) in [4.78, 5) is 0. The summed E-state index contributed by atoms with van der Waals surface area (Å²) in [5.74, 6) is 0. The monoisotopic (exact) mass is 278 g/mol. The molecular formula is C19H22N2. The van der Waals surface area contributed by atoms with Crippen LogP contribution in [-0.2, 0) is 6.42 Å². The highest BCUT2D eigenvalue weighted by atomic mass is 14.6. The van der Waals surface area contributed by atoms with Gasteiger partial charge in [-0.25, -0.2) is 0 Å². The predicted molar refractivity (Wildman–Crippen MR) is 91.4 cm³/mol. The third kappa shape index (κ3) is 2.92. The normalized spacial score (nSPS) is 12.9. The summed E-state index contributed by atoms with van der Waals surface area (Å²) < 4.78 is 0. The van der Waals surface area contributed by atoms with Gasteiger partial charge in [0.25, 0.3) is 0 Å². The van der Waals surface area contributed by atoms with E-state index in [2.05, 4.69) is 54.6 Å². The third-order valence-corrected chi connectivity index (χ3v) is 4.13. The topological polar surface area (TPSA) is 52.0 Å². The van der Waals surface area contributed by atoms with Gasteiger partial charge in [-0.15, -0.1) is 0 Å². The number of fused-ring (bicyclic) bond motifs is 2. The van der Waals surface area contributed by atoms with Crippen molar-refractivity contribution in [3.63, 3.8) is 0 Å². The van der Waals surface area contributed by atoms with Crippen molar-refractivity contribution in [1.29, 1.82) is 0 Å². The Kier molecular flexibility index (Phi) is 4.18. The molecule has 0 amide bonds. The summed E-state index contributed by atoms with van der Waals surface area (Å²) >= 11 is 0. The average Bonchev–Trinajstić information content (AvgIpc) is 2.52. The Labute approximate surface area is 125 Å². The fraction of sp³-hybridized carbons (Fsp3) is 0.263. The second kappa shape index (κ2) is 6.25. The zero-order valence-electron chi connectivity index (χ0n) is 12.3. The first-order valence-electron chi connectivity index (χ1n) is 7.64. The number of benzene rings is 3. The summed E-state index contributed by atoms with van der Waals surface area (Å²) in [6, 6.07) is 19.6. The number of hydrogen-bond donors (Lipinski definition) is 2. The van der Waals surface area contributed by atoms with Crippen molar-refractivity contribution in [1.82, 2.24) is 0 Å². The maximum absolute atomic E-state index is 6.32. The van der Waals surface area contributed by atoms with Gasteiger partial charge in [0.15, 0.2) is 0 Å². The first kappa shape index (κ1) is 14.1. The Bertz CT molecular complexity index is 695. The van der Waals surface area contributed by atoms with Crippen LogP contribution in [0.25, 0.3) is 21.5 Å². The molecule has 4 N–H and O–H groups in total. The van der Waals surface area contributed by atoms with Gasteiger partial charge < -0.3 is 11.5 Å². The molecule has 3 rings (SSSR count). The van der Waals surface area contributed by atoms with Crippen LogP contribution in [0.4, 0.5) is 0 Å². The lowest BCUT2D eigenvalue weighted by molar-refractivity contribution is 0.588. The van der Waals surface area contributed by atoms with Gasteiger partial charge >= 0.3 is 0 Å². The minimum Gasteiger partial charge on any atom is -0.330 e. The molecular weight excluding hydrogens is 256 g/mol. The molecule has 2 heteroatoms. The first-order valence-corrected chi connectivity index (χ1v) is 7.64. The number of nitrogens with two attached hydrogens (primary N) is 2. The van der Waals surface area contributed by atoms with Gasteiger partial charge in [0.05, 0.1) is 0 Å². The highest BCUT2D eigenvalue weighted by Crippen LogP contribution is 2.29. The predicted octanol–water partition coefficient (Wildman–Crippen LogP) is 3.60. The molecule has 0 spiro atoms. The lowest BCUT2D eigenvalue weighted by atomic mass is 9.92. The van der Waals surface area contributed by atoms with E-state index in [1.165, 1.54) is 27.1 Å². The van der Waals surface area contributed by atoms with E-state index in [0.29, 0.717) is 6.54 Å². The minimum atomic E-state index is 0.169. The molecule has 0 radical (unpaired) electrons. The maximum Gasteiger partial charge on any atom is 0.00802 e. The van der Waals surface area contributed by atoms with Crippen LogP contribution >= 0.6 is 0 Å². The van der Waals surface area contributed by atoms with Gasteiger partial charge in [-0.2, -0.15) is 0 Å². The van der Waals surface area contributed by atoms with Gasteiger partial charge in [0.1, 0.15) is 0 Å². The molecule has 0 heterocycles. The Balaban J connectivity index is 2.11. The van der Waals surface area contributed by atoms with Gasteiger partial charge in [-0.1, -0.05) is 48.5 Å². The second-order valence-electron chi connectivity index (χ2n) is 5.69. The summed E-state index contributed by atoms with van der Waals surface area (Å²) in [5.41, 5.74) is 13.3. The van der Waals surface area contributed by atoms with E-state index >= 15 is 0 Å². The van der Waals surface area contributed by atoms with Crippen molar-refractivity contribution < 1.29 is 0 Å². The van der Waals surface area contributed by atoms with Crippen LogP contribution in [0.15, 0.2) is 54.6 Å². The molecule has 0 aliphatic rings. The number of hydrogen-bond acceptors (Lipinski definition) is 2. The lowest BCUT2D eigenvalue weighted by Crippen LogP contribution is -2.24. The molecule has 21 heavy (non-hydrogen) atoms. The summed E-state index contributed by atoms with van der Waals surface area (Å²) in [6.07, 6.45) is 2.87. The molecule has 0 saturated heterocycles. The Hall–Kier alpha value is -1.90. The summed E-state index contributed by atoms with van der Waals surface area (Å²) in [6.45, 7) is 0.712. The molecule has 1 unspecified atom stereocenters. The SMILES string of the molecule is NCCCC(N)Cc1c2ccccc2cc2ccccc12. The lowest BCUT2D eigenvalue weighted by Gasteiger charge is -2.16. The molecule has 3 aromatic carbocycles. The maximum atomic E-state index is 6.32. The standard InChI is InChI=1S/C19H22N2/c20-11-5-8-16(21)13-19-17-9-3-1-6-14(17)12-15-7-2-4-10-18(15)19/h1-4,6-7,9-10,12,16H,5,8,11,13,20-21H2. The zero-order chi connectivity index (χ0) is 14.7. The van der Waals surface area contributed by atoms with Gasteiger partial charge in [0, 0.05) is 6.04 Å². The van der Waals surface area contributed by atoms with Gasteiger partial charge in [-0.3, -0.25) is 0 Å². The van der Waals surface area contributed by atoms with E-state index in [0.717, 1.165) is 19.3 Å². The Morgan fingerprint density at radius 2 is 1.43 bits per heavy atom. The van der Waals surface area contributed by atoms with Crippen LogP contribution in [0.2, 0.25) is 0 Å². The third-order valence-electron chi connectivity index (χ3n) is 4.13. The molecule has 0 aromatic heterocycles. The smallest absolute Gasteiger partial charge is 0.00802 e. The molecule has 108 valence electrons. The van der Waals surface area contributed by atoms with E-state index < -0.39 is 0 Å². The number of rotatable bonds is 5. The molecule has 0 bridgehead atoms. The largest absolute Gasteiger partial charge is 0.330 e. The second-order valence-corrected chi connectivity index (χ2v) is 5.69. The van der Waals surface area contributed by atoms with Crippen molar-refractivity contribution >= 4 is 21.5 Å². The fourth-order valence-corrected chi connectivity index (χ4v) is 3.07. The van der Waals surface area contributed by atoms with Crippen molar-refractivity contribution in [2.24, 2.45) is 11.5 Å². The zero-order valence-corrected chi connectivity index (χ0v) is 12.3. The van der Waals surface area contributed by atoms with Crippen LogP contribution in [0.5, 0.6) is 0 Å². The molecule has 0 fully saturated rings. The molecule has 0 saturated carbocycles. The highest BCUT2D eigenvalue weighted by molar-refractivity contribution is 6.02. The van der Waals surface area contributed by atoms with Crippen LogP contribution in [0.3, 0.4) is 0 Å². The molecule has 0 aliphatic heterocycles. The van der Waals surface area contributed by atoms with Crippen LogP contribution in [0.1, 0.15) is 18.4 Å². The van der Waals surface area contributed by atoms with Gasteiger partial charge in [0.2, 0.25) is 0 Å². The van der Waals surface area contributed by atoms with Crippen molar-refractivity contribution in [2.45, 2.75) is 25.3 Å². The van der Waals surface area contributed by atoms with Crippen LogP contribution in [-0.4, -0.2) is 12.6 Å². The van der Waals surface area contributed by atoms with Crippen LogP contribution in [0, 0.1) is 0 Å². The average molecular weight is 278 g/mol. The first-order chi connectivity index (χ1) is 10.3. The van der Waals surface area contributed by atoms with E-state index in [4.69, 9.17) is 11.5 Å². The quantitative estimate of drug-likeness (QED) is 0.701. The van der Waals surface area contributed by atoms with E-state index in [9.17, 15) is 0 Å². The van der Waals surface area contributed by atoms with E-state index in [1.54, 1.807) is 0 Å². The van der Waals surface area contributed by atoms with E-state index in [1.807, 2.05) is 0 Å². The Morgan fingerprint density at radius 3 is 2.00 bits per heavy atom. The minimum absolute atomic E-state index is 0.169. The molecule has 0 aliphatic carbocycles. The van der Waals surface area contributed by atoms with Crippen molar-refractivity contribution in [3.8, 4) is 0 Å². The van der Waals surface area contributed by atoms with Crippen molar-refractivity contribution in [2.75, 3.05) is 6.54 Å². The van der Waals surface area contributed by atoms with Gasteiger partial charge in [-0.05, 0) is 59.0 Å². The summed E-state index contributed by atoms with van der Waals surface area (Å²) in [7, 11) is 0. The van der Waals surface area contributed by atoms with Crippen molar-refractivity contribution in [3.05, 3.63) is 60.2 Å². The van der Waals surface area contributed by atoms with Crippen LogP contribution < -0.4 is 11.5 Å². The molecule has 3 aromatic rings. The molecule has 1 atom stereocenters. The molecule has 2 nitrogen and oxygen atoms in total. The summed E-state index contributed by atoms with van der Waals surface area (Å²) in [5, 5.41) is 5.22. The highest BCUT2D eigenvalue weighted by Gasteiger charge is 2.11. The fourth-order valence-electron chi connectivity index (χ4n) is 3.07. The van der Waals surface area contributed by atoms with E-state index in [-0.39, 0.29) is 6.04 Å². The Morgan fingerprint density at radius 1 is 0.857 bits per heavy atom.